The van der Waals surface area contributed by atoms with E-state index in [1.165, 1.54) is 31.4 Å². The normalized spacial score (nSPS) is 25.3. The van der Waals surface area contributed by atoms with Gasteiger partial charge in [0.2, 0.25) is 0 Å². The van der Waals surface area contributed by atoms with Crippen molar-refractivity contribution in [3.8, 4) is 0 Å². The molecular formula is C17H20FNO2. The van der Waals surface area contributed by atoms with Crippen LogP contribution in [0, 0.1) is 11.7 Å². The summed E-state index contributed by atoms with van der Waals surface area (Å²) in [6.45, 7) is 0.865. The summed E-state index contributed by atoms with van der Waals surface area (Å²) in [7, 11) is 0. The first-order chi connectivity index (χ1) is 10.2. The van der Waals surface area contributed by atoms with Gasteiger partial charge in [0.1, 0.15) is 5.82 Å². The number of hydrogen-bond donors (Lipinski definition) is 1. The van der Waals surface area contributed by atoms with Gasteiger partial charge in [-0.3, -0.25) is 0 Å². The number of carboxylic acid groups (broad SMARTS) is 1. The van der Waals surface area contributed by atoms with Gasteiger partial charge in [-0.15, -0.1) is 0 Å². The fourth-order valence-corrected chi connectivity index (χ4v) is 3.81. The van der Waals surface area contributed by atoms with Crippen LogP contribution in [-0.4, -0.2) is 23.7 Å². The molecule has 21 heavy (non-hydrogen) atoms. The Labute approximate surface area is 124 Å². The molecule has 2 fully saturated rings. The van der Waals surface area contributed by atoms with Crippen molar-refractivity contribution >= 4 is 17.7 Å². The molecule has 2 atom stereocenters. The topological polar surface area (TPSA) is 40.5 Å². The zero-order valence-electron chi connectivity index (χ0n) is 12.0. The summed E-state index contributed by atoms with van der Waals surface area (Å²) < 4.78 is 14.4. The number of benzene rings is 1. The maximum Gasteiger partial charge on any atom is 0.328 e. The smallest absolute Gasteiger partial charge is 0.328 e. The Morgan fingerprint density at radius 3 is 2.90 bits per heavy atom. The fourth-order valence-electron chi connectivity index (χ4n) is 3.81. The maximum atomic E-state index is 14.4. The molecule has 0 radical (unpaired) electrons. The van der Waals surface area contributed by atoms with E-state index in [4.69, 9.17) is 5.11 Å². The molecule has 112 valence electrons. The highest BCUT2D eigenvalue weighted by Crippen LogP contribution is 2.41. The van der Waals surface area contributed by atoms with E-state index in [0.29, 0.717) is 23.2 Å². The Balaban J connectivity index is 1.95. The van der Waals surface area contributed by atoms with Gasteiger partial charge in [0.15, 0.2) is 0 Å². The molecule has 2 aliphatic rings. The predicted molar refractivity (Wildman–Crippen MR) is 80.8 cm³/mol. The van der Waals surface area contributed by atoms with E-state index in [2.05, 4.69) is 4.90 Å². The second-order valence-electron chi connectivity index (χ2n) is 5.94. The number of nitrogens with zero attached hydrogens (tertiary/aromatic N) is 1. The number of fused-ring (bicyclic) bond motifs is 1. The lowest BCUT2D eigenvalue weighted by Gasteiger charge is -2.34. The van der Waals surface area contributed by atoms with Crippen LogP contribution in [0.1, 0.15) is 37.7 Å². The van der Waals surface area contributed by atoms with Gasteiger partial charge in [0.05, 0.1) is 5.69 Å². The lowest BCUT2D eigenvalue weighted by molar-refractivity contribution is -0.131. The van der Waals surface area contributed by atoms with Crippen LogP contribution in [0.5, 0.6) is 0 Å². The van der Waals surface area contributed by atoms with E-state index in [0.717, 1.165) is 25.5 Å². The number of hydrogen-bond acceptors (Lipinski definition) is 2. The van der Waals surface area contributed by atoms with Crippen LogP contribution in [0.25, 0.3) is 6.08 Å². The first-order valence-electron chi connectivity index (χ1n) is 7.63. The van der Waals surface area contributed by atoms with Gasteiger partial charge in [-0.05, 0) is 37.3 Å². The van der Waals surface area contributed by atoms with Crippen molar-refractivity contribution in [1.82, 2.24) is 0 Å². The van der Waals surface area contributed by atoms with Crippen LogP contribution in [-0.2, 0) is 4.79 Å². The predicted octanol–water partition coefficient (Wildman–Crippen LogP) is 3.69. The molecule has 4 heteroatoms. The summed E-state index contributed by atoms with van der Waals surface area (Å²) in [6, 6.07) is 5.29. The first-order valence-corrected chi connectivity index (χ1v) is 7.63. The molecule has 2 unspecified atom stereocenters. The number of rotatable bonds is 3. The van der Waals surface area contributed by atoms with Gasteiger partial charge in [-0.25, -0.2) is 9.18 Å². The molecule has 1 aromatic carbocycles. The second kappa shape index (κ2) is 5.88. The highest BCUT2D eigenvalue weighted by atomic mass is 19.1. The Morgan fingerprint density at radius 1 is 1.29 bits per heavy atom. The van der Waals surface area contributed by atoms with Crippen LogP contribution in [0.4, 0.5) is 10.1 Å². The number of carbonyl (C=O) groups is 1. The molecule has 1 saturated heterocycles. The minimum Gasteiger partial charge on any atom is -0.478 e. The van der Waals surface area contributed by atoms with Crippen LogP contribution in [0.15, 0.2) is 24.3 Å². The summed E-state index contributed by atoms with van der Waals surface area (Å²) in [5.74, 6) is -0.606. The molecule has 1 saturated carbocycles. The van der Waals surface area contributed by atoms with Crippen molar-refractivity contribution < 1.29 is 14.3 Å². The Bertz CT molecular complexity index is 570. The molecule has 3 nitrogen and oxygen atoms in total. The molecule has 1 aliphatic heterocycles. The SMILES string of the molecule is O=C(O)/C=C/c1cccc(F)c1N1CCC2CCCCC21. The van der Waals surface area contributed by atoms with E-state index in [-0.39, 0.29) is 5.82 Å². The summed E-state index contributed by atoms with van der Waals surface area (Å²) >= 11 is 0. The molecule has 1 heterocycles. The molecule has 0 spiro atoms. The summed E-state index contributed by atoms with van der Waals surface area (Å²) in [5.41, 5.74) is 1.23. The van der Waals surface area contributed by atoms with Crippen molar-refractivity contribution in [2.24, 2.45) is 5.92 Å². The van der Waals surface area contributed by atoms with E-state index in [1.807, 2.05) is 0 Å². The summed E-state index contributed by atoms with van der Waals surface area (Å²) in [4.78, 5) is 12.9. The highest BCUT2D eigenvalue weighted by Gasteiger charge is 2.37. The van der Waals surface area contributed by atoms with Crippen LogP contribution in [0.3, 0.4) is 0 Å². The first kappa shape index (κ1) is 14.1. The van der Waals surface area contributed by atoms with Crippen LogP contribution < -0.4 is 4.90 Å². The van der Waals surface area contributed by atoms with E-state index < -0.39 is 5.97 Å². The highest BCUT2D eigenvalue weighted by molar-refractivity contribution is 5.87. The number of halogens is 1. The van der Waals surface area contributed by atoms with Crippen molar-refractivity contribution in [2.45, 2.75) is 38.1 Å². The van der Waals surface area contributed by atoms with Gasteiger partial charge in [0, 0.05) is 24.2 Å². The minimum absolute atomic E-state index is 0.256. The lowest BCUT2D eigenvalue weighted by Crippen LogP contribution is -2.35. The zero-order chi connectivity index (χ0) is 14.8. The number of anilines is 1. The van der Waals surface area contributed by atoms with Crippen molar-refractivity contribution in [1.29, 1.82) is 0 Å². The van der Waals surface area contributed by atoms with Crippen molar-refractivity contribution in [3.63, 3.8) is 0 Å². The van der Waals surface area contributed by atoms with Gasteiger partial charge >= 0.3 is 5.97 Å². The van der Waals surface area contributed by atoms with Gasteiger partial charge in [-0.1, -0.05) is 25.0 Å². The minimum atomic E-state index is -1.01. The molecule has 1 N–H and O–H groups in total. The monoisotopic (exact) mass is 289 g/mol. The zero-order valence-corrected chi connectivity index (χ0v) is 12.0. The molecule has 0 aromatic heterocycles. The Kier molecular flexibility index (Phi) is 3.95. The van der Waals surface area contributed by atoms with Crippen LogP contribution in [0.2, 0.25) is 0 Å². The largest absolute Gasteiger partial charge is 0.478 e. The number of para-hydroxylation sites is 1. The Hall–Kier alpha value is -1.84. The molecule has 1 aromatic rings. The maximum absolute atomic E-state index is 14.4. The van der Waals surface area contributed by atoms with Crippen molar-refractivity contribution in [3.05, 3.63) is 35.7 Å². The third-order valence-electron chi connectivity index (χ3n) is 4.72. The number of aliphatic carboxylic acids is 1. The molecule has 1 aliphatic carbocycles. The van der Waals surface area contributed by atoms with E-state index >= 15 is 0 Å². The molecule has 3 rings (SSSR count). The third-order valence-corrected chi connectivity index (χ3v) is 4.72. The molecule has 0 bridgehead atoms. The molecule has 0 amide bonds. The quantitative estimate of drug-likeness (QED) is 0.863. The van der Waals surface area contributed by atoms with Crippen LogP contribution >= 0.6 is 0 Å². The average Bonchev–Trinajstić information content (AvgIpc) is 2.89. The summed E-state index contributed by atoms with van der Waals surface area (Å²) in [6.07, 6.45) is 8.51. The van der Waals surface area contributed by atoms with Gasteiger partial charge < -0.3 is 10.0 Å². The van der Waals surface area contributed by atoms with Gasteiger partial charge in [-0.2, -0.15) is 0 Å². The molecular weight excluding hydrogens is 269 g/mol. The second-order valence-corrected chi connectivity index (χ2v) is 5.94. The van der Waals surface area contributed by atoms with E-state index in [9.17, 15) is 9.18 Å². The van der Waals surface area contributed by atoms with Gasteiger partial charge in [0.25, 0.3) is 0 Å². The summed E-state index contributed by atoms with van der Waals surface area (Å²) in [5, 5.41) is 8.79. The lowest BCUT2D eigenvalue weighted by atomic mass is 9.85. The third kappa shape index (κ3) is 2.80. The number of carboxylic acids is 1. The van der Waals surface area contributed by atoms with Crippen molar-refractivity contribution in [2.75, 3.05) is 11.4 Å². The standard InChI is InChI=1S/C17H20FNO2/c18-14-6-3-5-13(8-9-16(20)21)17(14)19-11-10-12-4-1-2-7-15(12)19/h3,5-6,8-9,12,15H,1-2,4,7,10-11H2,(H,20,21)/b9-8+. The fraction of sp³-hybridized carbons (Fsp3) is 0.471. The van der Waals surface area contributed by atoms with E-state index in [1.54, 1.807) is 12.1 Å². The average molecular weight is 289 g/mol. The Morgan fingerprint density at radius 2 is 2.10 bits per heavy atom.